The second-order valence-electron chi connectivity index (χ2n) is 4.61. The highest BCUT2D eigenvalue weighted by molar-refractivity contribution is 5.85. The van der Waals surface area contributed by atoms with E-state index in [4.69, 9.17) is 9.63 Å². The summed E-state index contributed by atoms with van der Waals surface area (Å²) in [7, 11) is 0. The Morgan fingerprint density at radius 3 is 2.88 bits per heavy atom. The van der Waals surface area contributed by atoms with Crippen molar-refractivity contribution in [3.05, 3.63) is 17.5 Å². The van der Waals surface area contributed by atoms with Gasteiger partial charge in [0.15, 0.2) is 11.5 Å². The van der Waals surface area contributed by atoms with Gasteiger partial charge in [-0.05, 0) is 25.3 Å². The number of rotatable bonds is 6. The molecule has 17 heavy (non-hydrogen) atoms. The topological polar surface area (TPSA) is 66.6 Å². The first-order valence-corrected chi connectivity index (χ1v) is 6.10. The normalized spacial score (nSPS) is 16.1. The van der Waals surface area contributed by atoms with E-state index in [0.29, 0.717) is 12.3 Å². The average molecular weight is 238 g/mol. The number of carboxylic acids is 1. The first-order chi connectivity index (χ1) is 8.19. The minimum Gasteiger partial charge on any atom is -0.476 e. The fourth-order valence-electron chi connectivity index (χ4n) is 2.05. The summed E-state index contributed by atoms with van der Waals surface area (Å²) in [4.78, 5) is 12.9. The molecule has 5 nitrogen and oxygen atoms in total. The van der Waals surface area contributed by atoms with Gasteiger partial charge in [0, 0.05) is 12.6 Å². The number of carbonyl (C=O) groups is 1. The largest absolute Gasteiger partial charge is 0.476 e. The molecule has 0 radical (unpaired) electrons. The molecule has 0 unspecified atom stereocenters. The fraction of sp³-hybridized carbons (Fsp3) is 0.667. The third-order valence-electron chi connectivity index (χ3n) is 3.35. The summed E-state index contributed by atoms with van der Waals surface area (Å²) in [6.45, 7) is 4.76. The van der Waals surface area contributed by atoms with Crippen LogP contribution in [0.5, 0.6) is 0 Å². The van der Waals surface area contributed by atoms with Crippen molar-refractivity contribution in [2.75, 3.05) is 13.1 Å². The molecule has 1 aromatic rings. The van der Waals surface area contributed by atoms with E-state index in [-0.39, 0.29) is 5.69 Å². The molecule has 1 fully saturated rings. The van der Waals surface area contributed by atoms with E-state index in [9.17, 15) is 4.79 Å². The van der Waals surface area contributed by atoms with Crippen LogP contribution in [0.25, 0.3) is 0 Å². The highest BCUT2D eigenvalue weighted by atomic mass is 16.5. The van der Waals surface area contributed by atoms with E-state index in [1.807, 2.05) is 0 Å². The van der Waals surface area contributed by atoms with Gasteiger partial charge < -0.3 is 9.63 Å². The Bertz CT molecular complexity index is 385. The van der Waals surface area contributed by atoms with Gasteiger partial charge in [0.1, 0.15) is 0 Å². The third kappa shape index (κ3) is 3.06. The van der Waals surface area contributed by atoms with Gasteiger partial charge in [-0.25, -0.2) is 4.79 Å². The van der Waals surface area contributed by atoms with Gasteiger partial charge in [-0.2, -0.15) is 0 Å². The van der Waals surface area contributed by atoms with Crippen molar-refractivity contribution in [3.63, 3.8) is 0 Å². The van der Waals surface area contributed by atoms with Crippen molar-refractivity contribution in [2.45, 2.75) is 32.7 Å². The van der Waals surface area contributed by atoms with Gasteiger partial charge >= 0.3 is 5.97 Å². The summed E-state index contributed by atoms with van der Waals surface area (Å²) in [5, 5.41) is 12.3. The molecule has 0 amide bonds. The van der Waals surface area contributed by atoms with Crippen LogP contribution >= 0.6 is 0 Å². The Balaban J connectivity index is 1.89. The lowest BCUT2D eigenvalue weighted by Crippen LogP contribution is -2.31. The molecule has 0 spiro atoms. The lowest BCUT2D eigenvalue weighted by molar-refractivity contribution is 0.0685. The summed E-state index contributed by atoms with van der Waals surface area (Å²) < 4.78 is 5.02. The van der Waals surface area contributed by atoms with Crippen LogP contribution in [0.4, 0.5) is 0 Å². The number of aromatic nitrogens is 1. The first-order valence-electron chi connectivity index (χ1n) is 6.10. The van der Waals surface area contributed by atoms with E-state index in [2.05, 4.69) is 17.0 Å². The summed E-state index contributed by atoms with van der Waals surface area (Å²) in [5.74, 6) is 0.391. The molecule has 1 N–H and O–H groups in total. The number of hydrogen-bond donors (Lipinski definition) is 1. The van der Waals surface area contributed by atoms with Crippen LogP contribution in [0.2, 0.25) is 0 Å². The summed E-state index contributed by atoms with van der Waals surface area (Å²) in [6.07, 6.45) is 3.97. The lowest BCUT2D eigenvalue weighted by atomic mass is 9.85. The highest BCUT2D eigenvalue weighted by Crippen LogP contribution is 2.27. The predicted molar refractivity (Wildman–Crippen MR) is 61.8 cm³/mol. The number of nitrogens with zero attached hydrogens (tertiary/aromatic N) is 2. The lowest BCUT2D eigenvalue weighted by Gasteiger charge is -2.31. The molecule has 0 saturated heterocycles. The minimum absolute atomic E-state index is 0.0142. The van der Waals surface area contributed by atoms with E-state index >= 15 is 0 Å². The fourth-order valence-corrected chi connectivity index (χ4v) is 2.05. The smallest absolute Gasteiger partial charge is 0.358 e. The molecule has 2 rings (SSSR count). The zero-order valence-corrected chi connectivity index (χ0v) is 10.1. The Morgan fingerprint density at radius 2 is 2.41 bits per heavy atom. The molecule has 0 bridgehead atoms. The monoisotopic (exact) mass is 238 g/mol. The summed E-state index contributed by atoms with van der Waals surface area (Å²) in [6, 6.07) is 1.51. The Kier molecular flexibility index (Phi) is 3.78. The molecule has 1 saturated carbocycles. The van der Waals surface area contributed by atoms with Crippen LogP contribution in [-0.2, 0) is 6.54 Å². The average Bonchev–Trinajstić information content (AvgIpc) is 2.70. The van der Waals surface area contributed by atoms with Crippen LogP contribution in [0.1, 0.15) is 42.4 Å². The van der Waals surface area contributed by atoms with Crippen LogP contribution in [-0.4, -0.2) is 34.2 Å². The molecule has 1 heterocycles. The molecule has 5 heteroatoms. The van der Waals surface area contributed by atoms with E-state index in [1.54, 1.807) is 0 Å². The molecule has 1 aliphatic rings. The zero-order valence-electron chi connectivity index (χ0n) is 10.1. The second-order valence-corrected chi connectivity index (χ2v) is 4.61. The van der Waals surface area contributed by atoms with Crippen molar-refractivity contribution in [2.24, 2.45) is 5.92 Å². The predicted octanol–water partition coefficient (Wildman–Crippen LogP) is 1.99. The molecule has 0 atom stereocenters. The third-order valence-corrected chi connectivity index (χ3v) is 3.35. The molecule has 1 aromatic heterocycles. The van der Waals surface area contributed by atoms with Gasteiger partial charge in [0.05, 0.1) is 6.54 Å². The maximum atomic E-state index is 10.7. The Morgan fingerprint density at radius 1 is 1.65 bits per heavy atom. The van der Waals surface area contributed by atoms with E-state index in [0.717, 1.165) is 19.0 Å². The maximum Gasteiger partial charge on any atom is 0.358 e. The van der Waals surface area contributed by atoms with E-state index < -0.39 is 5.97 Å². The summed E-state index contributed by atoms with van der Waals surface area (Å²) in [5.41, 5.74) is -0.0142. The SMILES string of the molecule is CCN(Cc1cc(C(=O)O)no1)CC1CCC1. The standard InChI is InChI=1S/C12H18N2O3/c1-2-14(7-9-4-3-5-9)8-10-6-11(12(15)16)13-17-10/h6,9H,2-5,7-8H2,1H3,(H,15,16). The molecule has 0 aliphatic heterocycles. The second kappa shape index (κ2) is 5.31. The van der Waals surface area contributed by atoms with Crippen molar-refractivity contribution in [1.29, 1.82) is 0 Å². The maximum absolute atomic E-state index is 10.7. The van der Waals surface area contributed by atoms with Crippen LogP contribution in [0.15, 0.2) is 10.6 Å². The van der Waals surface area contributed by atoms with Crippen molar-refractivity contribution in [1.82, 2.24) is 10.1 Å². The quantitative estimate of drug-likeness (QED) is 0.821. The molecular formula is C12H18N2O3. The van der Waals surface area contributed by atoms with E-state index in [1.165, 1.54) is 25.3 Å². The van der Waals surface area contributed by atoms with Crippen molar-refractivity contribution in [3.8, 4) is 0 Å². The number of aromatic carboxylic acids is 1. The van der Waals surface area contributed by atoms with Gasteiger partial charge in [0.25, 0.3) is 0 Å². The first kappa shape index (κ1) is 12.1. The number of hydrogen-bond acceptors (Lipinski definition) is 4. The molecule has 0 aromatic carbocycles. The van der Waals surface area contributed by atoms with Crippen LogP contribution in [0, 0.1) is 5.92 Å². The number of carboxylic acid groups (broad SMARTS) is 1. The minimum atomic E-state index is -1.04. The Hall–Kier alpha value is -1.36. The van der Waals surface area contributed by atoms with Crippen molar-refractivity contribution < 1.29 is 14.4 Å². The highest BCUT2D eigenvalue weighted by Gasteiger charge is 2.21. The van der Waals surface area contributed by atoms with Crippen molar-refractivity contribution >= 4 is 5.97 Å². The summed E-state index contributed by atoms with van der Waals surface area (Å²) >= 11 is 0. The zero-order chi connectivity index (χ0) is 12.3. The van der Waals surface area contributed by atoms with Gasteiger partial charge in [-0.1, -0.05) is 18.5 Å². The van der Waals surface area contributed by atoms with Crippen LogP contribution < -0.4 is 0 Å². The van der Waals surface area contributed by atoms with Gasteiger partial charge in [0.2, 0.25) is 0 Å². The molecular weight excluding hydrogens is 220 g/mol. The molecule has 1 aliphatic carbocycles. The van der Waals surface area contributed by atoms with Gasteiger partial charge in [-0.3, -0.25) is 4.90 Å². The molecule has 94 valence electrons. The Labute approximate surface area is 100 Å². The van der Waals surface area contributed by atoms with Crippen LogP contribution in [0.3, 0.4) is 0 Å². The van der Waals surface area contributed by atoms with Gasteiger partial charge in [-0.15, -0.1) is 0 Å².